The summed E-state index contributed by atoms with van der Waals surface area (Å²) in [5.74, 6) is -1.07. The number of aryl methyl sites for hydroxylation is 1. The monoisotopic (exact) mass is 248 g/mol. The average Bonchev–Trinajstić information content (AvgIpc) is 2.81. The van der Waals surface area contributed by atoms with Crippen LogP contribution in [-0.4, -0.2) is 39.5 Å². The smallest absolute Gasteiger partial charge is 0.326 e. The van der Waals surface area contributed by atoms with Crippen molar-refractivity contribution >= 4 is 11.9 Å². The molecule has 1 amide bonds. The molecule has 1 fully saturated rings. The van der Waals surface area contributed by atoms with Gasteiger partial charge in [0.25, 0.3) is 0 Å². The van der Waals surface area contributed by atoms with Crippen LogP contribution in [0.3, 0.4) is 0 Å². The second-order valence-corrected chi connectivity index (χ2v) is 4.53. The molecule has 5 nitrogen and oxygen atoms in total. The Hall–Kier alpha value is -1.91. The zero-order valence-electron chi connectivity index (χ0n) is 10.3. The lowest BCUT2D eigenvalue weighted by Gasteiger charge is -2.21. The predicted molar refractivity (Wildman–Crippen MR) is 65.0 cm³/mol. The quantitative estimate of drug-likeness (QED) is 0.866. The third kappa shape index (κ3) is 2.50. The number of rotatable bonds is 3. The van der Waals surface area contributed by atoms with Crippen molar-refractivity contribution in [1.82, 2.24) is 9.88 Å². The van der Waals surface area contributed by atoms with E-state index in [1.54, 1.807) is 6.20 Å². The van der Waals surface area contributed by atoms with Crippen LogP contribution < -0.4 is 0 Å². The average molecular weight is 248 g/mol. The number of aromatic nitrogens is 1. The Morgan fingerprint density at radius 2 is 2.33 bits per heavy atom. The van der Waals surface area contributed by atoms with Gasteiger partial charge in [-0.2, -0.15) is 0 Å². The van der Waals surface area contributed by atoms with Gasteiger partial charge in [-0.25, -0.2) is 4.79 Å². The van der Waals surface area contributed by atoms with Crippen molar-refractivity contribution in [3.63, 3.8) is 0 Å². The third-order valence-corrected chi connectivity index (χ3v) is 3.29. The summed E-state index contributed by atoms with van der Waals surface area (Å²) in [5, 5.41) is 9.04. The summed E-state index contributed by atoms with van der Waals surface area (Å²) in [7, 11) is 0. The van der Waals surface area contributed by atoms with E-state index in [-0.39, 0.29) is 12.3 Å². The number of hydrogen-bond acceptors (Lipinski definition) is 3. The fourth-order valence-electron chi connectivity index (χ4n) is 2.27. The van der Waals surface area contributed by atoms with Gasteiger partial charge in [-0.1, -0.05) is 6.07 Å². The minimum Gasteiger partial charge on any atom is -0.480 e. The maximum atomic E-state index is 12.1. The SMILES string of the molecule is Cc1cccnc1CC(=O)N1CCC[C@@H]1C(=O)O. The van der Waals surface area contributed by atoms with E-state index in [0.29, 0.717) is 13.0 Å². The Morgan fingerprint density at radius 1 is 1.56 bits per heavy atom. The molecule has 0 spiro atoms. The Labute approximate surface area is 105 Å². The van der Waals surface area contributed by atoms with E-state index in [9.17, 15) is 9.59 Å². The van der Waals surface area contributed by atoms with Gasteiger partial charge in [0.2, 0.25) is 5.91 Å². The van der Waals surface area contributed by atoms with Gasteiger partial charge in [-0.3, -0.25) is 9.78 Å². The molecule has 0 bridgehead atoms. The summed E-state index contributed by atoms with van der Waals surface area (Å²) >= 11 is 0. The first-order valence-electron chi connectivity index (χ1n) is 6.02. The Balaban J connectivity index is 2.08. The molecule has 1 aromatic rings. The van der Waals surface area contributed by atoms with Crippen LogP contribution in [0.4, 0.5) is 0 Å². The summed E-state index contributed by atoms with van der Waals surface area (Å²) in [5.41, 5.74) is 1.68. The van der Waals surface area contributed by atoms with Crippen molar-refractivity contribution in [3.05, 3.63) is 29.6 Å². The van der Waals surface area contributed by atoms with Crippen molar-refractivity contribution in [1.29, 1.82) is 0 Å². The molecule has 2 heterocycles. The molecule has 5 heteroatoms. The number of likely N-dealkylation sites (tertiary alicyclic amines) is 1. The fraction of sp³-hybridized carbons (Fsp3) is 0.462. The van der Waals surface area contributed by atoms with Gasteiger partial charge < -0.3 is 10.0 Å². The summed E-state index contributed by atoms with van der Waals surface area (Å²) < 4.78 is 0. The molecule has 0 aliphatic carbocycles. The van der Waals surface area contributed by atoms with Crippen molar-refractivity contribution in [2.45, 2.75) is 32.2 Å². The van der Waals surface area contributed by atoms with Crippen molar-refractivity contribution in [3.8, 4) is 0 Å². The summed E-state index contributed by atoms with van der Waals surface area (Å²) in [4.78, 5) is 28.8. The first-order valence-corrected chi connectivity index (χ1v) is 6.02. The molecule has 1 aliphatic heterocycles. The Kier molecular flexibility index (Phi) is 3.60. The van der Waals surface area contributed by atoms with Crippen molar-refractivity contribution in [2.75, 3.05) is 6.54 Å². The second-order valence-electron chi connectivity index (χ2n) is 4.53. The highest BCUT2D eigenvalue weighted by atomic mass is 16.4. The Bertz CT molecular complexity index is 473. The lowest BCUT2D eigenvalue weighted by molar-refractivity contribution is -0.148. The Morgan fingerprint density at radius 3 is 3.00 bits per heavy atom. The van der Waals surface area contributed by atoms with Gasteiger partial charge >= 0.3 is 5.97 Å². The standard InChI is InChI=1S/C13H16N2O3/c1-9-4-2-6-14-10(9)8-12(16)15-7-3-5-11(15)13(17)18/h2,4,6,11H,3,5,7-8H2,1H3,(H,17,18)/t11-/m1/s1. The lowest BCUT2D eigenvalue weighted by Crippen LogP contribution is -2.41. The molecule has 2 rings (SSSR count). The summed E-state index contributed by atoms with van der Waals surface area (Å²) in [6.07, 6.45) is 3.12. The first-order chi connectivity index (χ1) is 8.59. The molecule has 0 radical (unpaired) electrons. The van der Waals surface area contributed by atoms with Crippen LogP contribution in [0.1, 0.15) is 24.1 Å². The van der Waals surface area contributed by atoms with Gasteiger partial charge in [0.1, 0.15) is 6.04 Å². The number of carboxylic acid groups (broad SMARTS) is 1. The largest absolute Gasteiger partial charge is 0.480 e. The molecule has 18 heavy (non-hydrogen) atoms. The van der Waals surface area contributed by atoms with Crippen LogP contribution >= 0.6 is 0 Å². The van der Waals surface area contributed by atoms with Gasteiger partial charge in [-0.05, 0) is 31.4 Å². The van der Waals surface area contributed by atoms with E-state index in [1.807, 2.05) is 19.1 Å². The van der Waals surface area contributed by atoms with E-state index in [0.717, 1.165) is 17.7 Å². The van der Waals surface area contributed by atoms with E-state index in [2.05, 4.69) is 4.98 Å². The number of amides is 1. The molecule has 1 aromatic heterocycles. The highest BCUT2D eigenvalue weighted by Gasteiger charge is 2.33. The maximum Gasteiger partial charge on any atom is 0.326 e. The molecule has 1 atom stereocenters. The zero-order chi connectivity index (χ0) is 13.1. The molecule has 1 N–H and O–H groups in total. The number of pyridine rings is 1. The minimum absolute atomic E-state index is 0.151. The summed E-state index contributed by atoms with van der Waals surface area (Å²) in [6.45, 7) is 2.43. The number of carbonyl (C=O) groups excluding carboxylic acids is 1. The van der Waals surface area contributed by atoms with Crippen LogP contribution in [0.5, 0.6) is 0 Å². The number of aliphatic carboxylic acids is 1. The van der Waals surface area contributed by atoms with Gasteiger partial charge in [0.15, 0.2) is 0 Å². The number of carbonyl (C=O) groups is 2. The van der Waals surface area contributed by atoms with Crippen LogP contribution in [0, 0.1) is 6.92 Å². The molecule has 0 saturated carbocycles. The number of nitrogens with zero attached hydrogens (tertiary/aromatic N) is 2. The molecular weight excluding hydrogens is 232 g/mol. The zero-order valence-corrected chi connectivity index (χ0v) is 10.3. The third-order valence-electron chi connectivity index (χ3n) is 3.29. The molecule has 0 aromatic carbocycles. The van der Waals surface area contributed by atoms with Crippen molar-refractivity contribution < 1.29 is 14.7 Å². The fourth-order valence-corrected chi connectivity index (χ4v) is 2.27. The van der Waals surface area contributed by atoms with Crippen LogP contribution in [0.15, 0.2) is 18.3 Å². The topological polar surface area (TPSA) is 70.5 Å². The lowest BCUT2D eigenvalue weighted by atomic mass is 10.1. The second kappa shape index (κ2) is 5.16. The normalized spacial score (nSPS) is 18.9. The minimum atomic E-state index is -0.918. The molecule has 1 aliphatic rings. The maximum absolute atomic E-state index is 12.1. The molecule has 96 valence electrons. The van der Waals surface area contributed by atoms with Crippen LogP contribution in [-0.2, 0) is 16.0 Å². The van der Waals surface area contributed by atoms with Gasteiger partial charge in [-0.15, -0.1) is 0 Å². The predicted octanol–water partition coefficient (Wildman–Crippen LogP) is 1.01. The molecular formula is C13H16N2O3. The van der Waals surface area contributed by atoms with Gasteiger partial charge in [0.05, 0.1) is 12.1 Å². The summed E-state index contributed by atoms with van der Waals surface area (Å²) in [6, 6.07) is 3.05. The van der Waals surface area contributed by atoms with E-state index < -0.39 is 12.0 Å². The van der Waals surface area contributed by atoms with Crippen molar-refractivity contribution in [2.24, 2.45) is 0 Å². The number of hydrogen-bond donors (Lipinski definition) is 1. The molecule has 0 unspecified atom stereocenters. The number of carboxylic acids is 1. The highest BCUT2D eigenvalue weighted by Crippen LogP contribution is 2.19. The van der Waals surface area contributed by atoms with E-state index >= 15 is 0 Å². The first kappa shape index (κ1) is 12.5. The van der Waals surface area contributed by atoms with Crippen LogP contribution in [0.2, 0.25) is 0 Å². The molecule has 1 saturated heterocycles. The van der Waals surface area contributed by atoms with Crippen LogP contribution in [0.25, 0.3) is 0 Å². The highest BCUT2D eigenvalue weighted by molar-refractivity contribution is 5.85. The van der Waals surface area contributed by atoms with E-state index in [1.165, 1.54) is 4.90 Å². The van der Waals surface area contributed by atoms with E-state index in [4.69, 9.17) is 5.11 Å². The van der Waals surface area contributed by atoms with Gasteiger partial charge in [0, 0.05) is 12.7 Å².